The molecule has 7 heteroatoms. The fraction of sp³-hybridized carbons (Fsp3) is 0.167. The van der Waals surface area contributed by atoms with Crippen LogP contribution in [0.1, 0.15) is 5.56 Å². The number of halogens is 2. The molecule has 0 aliphatic rings. The zero-order chi connectivity index (χ0) is 13.8. The normalized spacial score (nSPS) is 10.3. The van der Waals surface area contributed by atoms with Crippen molar-refractivity contribution in [2.45, 2.75) is 6.54 Å². The number of urea groups is 1. The maximum atomic E-state index is 11.9. The van der Waals surface area contributed by atoms with Gasteiger partial charge in [-0.05, 0) is 17.7 Å². The summed E-state index contributed by atoms with van der Waals surface area (Å²) in [5.41, 5.74) is 1.52. The number of nitrogens with one attached hydrogen (secondary N) is 2. The van der Waals surface area contributed by atoms with Crippen molar-refractivity contribution in [3.05, 3.63) is 46.2 Å². The third-order valence-electron chi connectivity index (χ3n) is 2.50. The molecular formula is C12H12Cl2N4O. The summed E-state index contributed by atoms with van der Waals surface area (Å²) in [6, 6.07) is 5.05. The van der Waals surface area contributed by atoms with Crippen molar-refractivity contribution in [2.24, 2.45) is 0 Å². The van der Waals surface area contributed by atoms with Crippen LogP contribution in [0.2, 0.25) is 10.0 Å². The lowest BCUT2D eigenvalue weighted by molar-refractivity contribution is 0.220. The molecule has 1 aromatic carbocycles. The summed E-state index contributed by atoms with van der Waals surface area (Å²) >= 11 is 11.8. The number of hydrogen-bond donors (Lipinski definition) is 2. The van der Waals surface area contributed by atoms with E-state index in [4.69, 9.17) is 23.2 Å². The van der Waals surface area contributed by atoms with Crippen LogP contribution < -0.4 is 5.32 Å². The Hall–Kier alpha value is -1.72. The predicted octanol–water partition coefficient (Wildman–Crippen LogP) is 3.38. The Morgan fingerprint density at radius 2 is 2.21 bits per heavy atom. The van der Waals surface area contributed by atoms with Gasteiger partial charge in [-0.1, -0.05) is 29.3 Å². The fourth-order valence-electron chi connectivity index (χ4n) is 1.52. The smallest absolute Gasteiger partial charge is 0.321 e. The zero-order valence-electron chi connectivity index (χ0n) is 10.2. The number of anilines is 1. The minimum Gasteiger partial charge on any atom is -0.323 e. The van der Waals surface area contributed by atoms with E-state index in [0.717, 1.165) is 5.56 Å². The molecule has 2 aromatic rings. The number of hydrogen-bond acceptors (Lipinski definition) is 2. The number of H-pyrrole nitrogens is 1. The van der Waals surface area contributed by atoms with Crippen molar-refractivity contribution in [3.63, 3.8) is 0 Å². The van der Waals surface area contributed by atoms with Crippen LogP contribution in [0, 0.1) is 0 Å². The molecule has 0 saturated carbocycles. The molecule has 0 atom stereocenters. The molecule has 2 N–H and O–H groups in total. The molecule has 100 valence electrons. The van der Waals surface area contributed by atoms with E-state index in [-0.39, 0.29) is 6.03 Å². The molecule has 0 aliphatic carbocycles. The highest BCUT2D eigenvalue weighted by Gasteiger charge is 2.10. The Kier molecular flexibility index (Phi) is 4.29. The Balaban J connectivity index is 1.98. The number of rotatable bonds is 3. The van der Waals surface area contributed by atoms with Crippen molar-refractivity contribution in [1.29, 1.82) is 0 Å². The van der Waals surface area contributed by atoms with Gasteiger partial charge in [-0.15, -0.1) is 0 Å². The summed E-state index contributed by atoms with van der Waals surface area (Å²) in [4.78, 5) is 13.4. The number of carbonyl (C=O) groups excluding carboxylic acids is 1. The maximum absolute atomic E-state index is 11.9. The average molecular weight is 299 g/mol. The Labute approximate surface area is 120 Å². The third-order valence-corrected chi connectivity index (χ3v) is 3.24. The second kappa shape index (κ2) is 5.95. The van der Waals surface area contributed by atoms with Crippen LogP contribution in [0.4, 0.5) is 10.5 Å². The van der Waals surface area contributed by atoms with Crippen molar-refractivity contribution >= 4 is 34.9 Å². The summed E-state index contributed by atoms with van der Waals surface area (Å²) in [6.45, 7) is 0.431. The van der Waals surface area contributed by atoms with Crippen molar-refractivity contribution in [3.8, 4) is 0 Å². The van der Waals surface area contributed by atoms with E-state index in [1.165, 1.54) is 11.1 Å². The third kappa shape index (κ3) is 3.62. The lowest BCUT2D eigenvalue weighted by Gasteiger charge is -2.17. The van der Waals surface area contributed by atoms with Gasteiger partial charge in [0.1, 0.15) is 0 Å². The summed E-state index contributed by atoms with van der Waals surface area (Å²) in [5, 5.41) is 10.0. The molecular weight excluding hydrogens is 287 g/mol. The maximum Gasteiger partial charge on any atom is 0.321 e. The Morgan fingerprint density at radius 1 is 1.42 bits per heavy atom. The first-order chi connectivity index (χ1) is 9.06. The second-order valence-electron chi connectivity index (χ2n) is 4.02. The van der Waals surface area contributed by atoms with Gasteiger partial charge in [-0.2, -0.15) is 5.10 Å². The van der Waals surface area contributed by atoms with E-state index in [0.29, 0.717) is 22.3 Å². The predicted molar refractivity (Wildman–Crippen MR) is 75.5 cm³/mol. The largest absolute Gasteiger partial charge is 0.323 e. The summed E-state index contributed by atoms with van der Waals surface area (Å²) in [5.74, 6) is 0. The molecule has 0 radical (unpaired) electrons. The van der Waals surface area contributed by atoms with Crippen molar-refractivity contribution in [2.75, 3.05) is 12.4 Å². The van der Waals surface area contributed by atoms with Crippen LogP contribution in [0.15, 0.2) is 30.6 Å². The highest BCUT2D eigenvalue weighted by Crippen LogP contribution is 2.23. The first-order valence-corrected chi connectivity index (χ1v) is 6.26. The molecule has 2 amide bonds. The van der Waals surface area contributed by atoms with Crippen LogP contribution in [-0.4, -0.2) is 28.2 Å². The SMILES string of the molecule is CN(Cc1ccc(Cl)c(Cl)c1)C(=O)Nc1cn[nH]c1. The molecule has 0 saturated heterocycles. The molecule has 0 aliphatic heterocycles. The first kappa shape index (κ1) is 13.7. The molecule has 5 nitrogen and oxygen atoms in total. The highest BCUT2D eigenvalue weighted by molar-refractivity contribution is 6.42. The molecule has 0 spiro atoms. The number of aromatic amines is 1. The van der Waals surface area contributed by atoms with Gasteiger partial charge >= 0.3 is 6.03 Å². The van der Waals surface area contributed by atoms with Gasteiger partial charge in [0.05, 0.1) is 21.9 Å². The minimum absolute atomic E-state index is 0.229. The number of nitrogens with zero attached hydrogens (tertiary/aromatic N) is 2. The standard InChI is InChI=1S/C12H12Cl2N4O/c1-18(12(19)17-9-5-15-16-6-9)7-8-2-3-10(13)11(14)4-8/h2-6H,7H2,1H3,(H,15,16)(H,17,19). The number of amides is 2. The van der Waals surface area contributed by atoms with Crippen molar-refractivity contribution < 1.29 is 4.79 Å². The topological polar surface area (TPSA) is 61.0 Å². The van der Waals surface area contributed by atoms with E-state index in [1.54, 1.807) is 25.4 Å². The van der Waals surface area contributed by atoms with Crippen molar-refractivity contribution in [1.82, 2.24) is 15.1 Å². The lowest BCUT2D eigenvalue weighted by Crippen LogP contribution is -2.30. The van der Waals surface area contributed by atoms with Crippen LogP contribution >= 0.6 is 23.2 Å². The van der Waals surface area contributed by atoms with E-state index in [1.807, 2.05) is 6.07 Å². The van der Waals surface area contributed by atoms with E-state index < -0.39 is 0 Å². The van der Waals surface area contributed by atoms with Gasteiger partial charge in [0.15, 0.2) is 0 Å². The molecule has 2 rings (SSSR count). The molecule has 0 unspecified atom stereocenters. The molecule has 0 fully saturated rings. The monoisotopic (exact) mass is 298 g/mol. The minimum atomic E-state index is -0.229. The average Bonchev–Trinajstić information content (AvgIpc) is 2.86. The van der Waals surface area contributed by atoms with Gasteiger partial charge in [-0.25, -0.2) is 4.79 Å². The van der Waals surface area contributed by atoms with Gasteiger partial charge in [-0.3, -0.25) is 5.10 Å². The molecule has 19 heavy (non-hydrogen) atoms. The Bertz CT molecular complexity index is 571. The molecule has 1 aromatic heterocycles. The van der Waals surface area contributed by atoms with Crippen LogP contribution in [0.3, 0.4) is 0 Å². The van der Waals surface area contributed by atoms with Gasteiger partial charge < -0.3 is 10.2 Å². The summed E-state index contributed by atoms with van der Waals surface area (Å²) < 4.78 is 0. The van der Waals surface area contributed by atoms with Crippen LogP contribution in [-0.2, 0) is 6.54 Å². The number of aromatic nitrogens is 2. The van der Waals surface area contributed by atoms with Gasteiger partial charge in [0.25, 0.3) is 0 Å². The Morgan fingerprint density at radius 3 is 2.84 bits per heavy atom. The quantitative estimate of drug-likeness (QED) is 0.912. The molecule has 0 bridgehead atoms. The van der Waals surface area contributed by atoms with E-state index >= 15 is 0 Å². The summed E-state index contributed by atoms with van der Waals surface area (Å²) in [6.07, 6.45) is 3.13. The van der Waals surface area contributed by atoms with Crippen LogP contribution in [0.5, 0.6) is 0 Å². The van der Waals surface area contributed by atoms with Crippen LogP contribution in [0.25, 0.3) is 0 Å². The first-order valence-electron chi connectivity index (χ1n) is 5.51. The van der Waals surface area contributed by atoms with E-state index in [2.05, 4.69) is 15.5 Å². The zero-order valence-corrected chi connectivity index (χ0v) is 11.7. The van der Waals surface area contributed by atoms with Gasteiger partial charge in [0, 0.05) is 19.8 Å². The highest BCUT2D eigenvalue weighted by atomic mass is 35.5. The lowest BCUT2D eigenvalue weighted by atomic mass is 10.2. The number of carbonyl (C=O) groups is 1. The van der Waals surface area contributed by atoms with Gasteiger partial charge in [0.2, 0.25) is 0 Å². The molecule has 1 heterocycles. The second-order valence-corrected chi connectivity index (χ2v) is 4.84. The number of benzene rings is 1. The summed E-state index contributed by atoms with van der Waals surface area (Å²) in [7, 11) is 1.69. The fourth-order valence-corrected chi connectivity index (χ4v) is 1.84. The van der Waals surface area contributed by atoms with E-state index in [9.17, 15) is 4.79 Å².